The molecule has 0 aliphatic carbocycles. The lowest BCUT2D eigenvalue weighted by Gasteiger charge is -2.15. The van der Waals surface area contributed by atoms with Gasteiger partial charge in [-0.05, 0) is 61.7 Å². The summed E-state index contributed by atoms with van der Waals surface area (Å²) in [5.41, 5.74) is 6.14. The molecular weight excluding hydrogens is 312 g/mol. The number of nitrogens with one attached hydrogen (secondary N) is 1. The second kappa shape index (κ2) is 7.69. The normalized spacial score (nSPS) is 11.6. The van der Waals surface area contributed by atoms with E-state index in [-0.39, 0.29) is 5.91 Å². The summed E-state index contributed by atoms with van der Waals surface area (Å²) in [7, 11) is 0. The number of hydrogen-bond acceptors (Lipinski definition) is 4. The van der Waals surface area contributed by atoms with Crippen LogP contribution in [0.15, 0.2) is 53.4 Å². The van der Waals surface area contributed by atoms with E-state index in [4.69, 9.17) is 10.5 Å². The summed E-state index contributed by atoms with van der Waals surface area (Å²) in [6.45, 7) is 1.68. The summed E-state index contributed by atoms with van der Waals surface area (Å²) in [5.74, 6) is -0.145. The van der Waals surface area contributed by atoms with Gasteiger partial charge < -0.3 is 15.8 Å². The minimum atomic E-state index is -0.647. The third-order valence-electron chi connectivity index (χ3n) is 3.18. The number of nitrogens with two attached hydrogens (primary N) is 1. The van der Waals surface area contributed by atoms with Gasteiger partial charge in [0, 0.05) is 16.1 Å². The monoisotopic (exact) mass is 330 g/mol. The highest BCUT2D eigenvalue weighted by Gasteiger charge is 2.15. The molecule has 0 fully saturated rings. The summed E-state index contributed by atoms with van der Waals surface area (Å²) in [6, 6.07) is 13.9. The molecule has 0 radical (unpaired) electrons. The van der Waals surface area contributed by atoms with Gasteiger partial charge in [0.25, 0.3) is 5.91 Å². The van der Waals surface area contributed by atoms with Crippen molar-refractivity contribution in [1.29, 1.82) is 0 Å². The van der Waals surface area contributed by atoms with Gasteiger partial charge in [-0.15, -0.1) is 11.8 Å². The number of carbonyl (C=O) groups excluding carboxylic acids is 2. The van der Waals surface area contributed by atoms with Crippen molar-refractivity contribution in [2.45, 2.75) is 17.9 Å². The van der Waals surface area contributed by atoms with E-state index < -0.39 is 12.0 Å². The quantitative estimate of drug-likeness (QED) is 0.798. The Morgan fingerprint density at radius 2 is 1.70 bits per heavy atom. The minimum absolute atomic E-state index is 0.272. The molecule has 0 aliphatic rings. The molecule has 1 atom stereocenters. The zero-order chi connectivity index (χ0) is 16.8. The van der Waals surface area contributed by atoms with Crippen LogP contribution in [-0.2, 0) is 4.79 Å². The Balaban J connectivity index is 1.94. The molecule has 2 rings (SSSR count). The molecule has 0 spiro atoms. The smallest absolute Gasteiger partial charge is 0.265 e. The van der Waals surface area contributed by atoms with Crippen molar-refractivity contribution in [2.75, 3.05) is 11.6 Å². The van der Waals surface area contributed by atoms with Gasteiger partial charge in [-0.3, -0.25) is 9.59 Å². The highest BCUT2D eigenvalue weighted by Crippen LogP contribution is 2.20. The van der Waals surface area contributed by atoms with Gasteiger partial charge in [0.15, 0.2) is 6.10 Å². The van der Waals surface area contributed by atoms with E-state index >= 15 is 0 Å². The molecule has 6 heteroatoms. The van der Waals surface area contributed by atoms with Crippen molar-refractivity contribution < 1.29 is 14.3 Å². The van der Waals surface area contributed by atoms with E-state index in [1.165, 1.54) is 0 Å². The maximum atomic E-state index is 12.1. The van der Waals surface area contributed by atoms with Crippen molar-refractivity contribution >= 4 is 29.3 Å². The lowest BCUT2D eigenvalue weighted by Crippen LogP contribution is -2.30. The number of thioether (sulfide) groups is 1. The standard InChI is InChI=1S/C17H18N2O3S/c1-11(22-14-7-9-15(23-2)10-8-14)17(21)19-13-5-3-12(4-6-13)16(18)20/h3-11H,1-2H3,(H2,18,20)(H,19,21). The fourth-order valence-corrected chi connectivity index (χ4v) is 2.28. The molecule has 120 valence electrons. The zero-order valence-corrected chi connectivity index (χ0v) is 13.7. The Hall–Kier alpha value is -2.47. The van der Waals surface area contributed by atoms with E-state index in [2.05, 4.69) is 5.32 Å². The van der Waals surface area contributed by atoms with Gasteiger partial charge in [-0.2, -0.15) is 0 Å². The van der Waals surface area contributed by atoms with E-state index in [1.54, 1.807) is 43.0 Å². The van der Waals surface area contributed by atoms with Crippen molar-refractivity contribution in [3.63, 3.8) is 0 Å². The highest BCUT2D eigenvalue weighted by molar-refractivity contribution is 7.98. The molecular formula is C17H18N2O3S. The second-order valence-electron chi connectivity index (χ2n) is 4.87. The van der Waals surface area contributed by atoms with Crippen LogP contribution in [0.1, 0.15) is 17.3 Å². The Morgan fingerprint density at radius 3 is 2.22 bits per heavy atom. The fourth-order valence-electron chi connectivity index (χ4n) is 1.87. The molecule has 23 heavy (non-hydrogen) atoms. The molecule has 0 saturated carbocycles. The molecule has 2 aromatic carbocycles. The maximum Gasteiger partial charge on any atom is 0.265 e. The summed E-state index contributed by atoms with van der Waals surface area (Å²) in [4.78, 5) is 24.3. The number of hydrogen-bond donors (Lipinski definition) is 2. The van der Waals surface area contributed by atoms with Crippen LogP contribution in [0.2, 0.25) is 0 Å². The van der Waals surface area contributed by atoms with Crippen LogP contribution in [0.3, 0.4) is 0 Å². The van der Waals surface area contributed by atoms with Gasteiger partial charge in [0.1, 0.15) is 5.75 Å². The summed E-state index contributed by atoms with van der Waals surface area (Å²) >= 11 is 1.64. The first kappa shape index (κ1) is 16.9. The molecule has 5 nitrogen and oxygen atoms in total. The van der Waals surface area contributed by atoms with Crippen molar-refractivity contribution in [2.24, 2.45) is 5.73 Å². The van der Waals surface area contributed by atoms with Crippen LogP contribution in [0.4, 0.5) is 5.69 Å². The Labute approximate surface area is 139 Å². The van der Waals surface area contributed by atoms with Crippen LogP contribution in [0.5, 0.6) is 5.75 Å². The van der Waals surface area contributed by atoms with E-state index in [1.807, 2.05) is 30.5 Å². The Kier molecular flexibility index (Phi) is 5.65. The first-order chi connectivity index (χ1) is 11.0. The SMILES string of the molecule is CSc1ccc(OC(C)C(=O)Nc2ccc(C(N)=O)cc2)cc1. The van der Waals surface area contributed by atoms with Gasteiger partial charge in [0.05, 0.1) is 0 Å². The van der Waals surface area contributed by atoms with Crippen LogP contribution < -0.4 is 15.8 Å². The zero-order valence-electron chi connectivity index (χ0n) is 12.9. The predicted molar refractivity (Wildman–Crippen MR) is 91.9 cm³/mol. The van der Waals surface area contributed by atoms with E-state index in [0.29, 0.717) is 17.0 Å². The average Bonchev–Trinajstić information content (AvgIpc) is 2.56. The van der Waals surface area contributed by atoms with E-state index in [9.17, 15) is 9.59 Å². The molecule has 3 N–H and O–H groups in total. The van der Waals surface area contributed by atoms with Gasteiger partial charge in [-0.1, -0.05) is 0 Å². The molecule has 2 aromatic rings. The van der Waals surface area contributed by atoms with E-state index in [0.717, 1.165) is 4.90 Å². The largest absolute Gasteiger partial charge is 0.481 e. The number of benzene rings is 2. The topological polar surface area (TPSA) is 81.4 Å². The molecule has 0 aliphatic heterocycles. The van der Waals surface area contributed by atoms with Crippen molar-refractivity contribution in [3.8, 4) is 5.75 Å². The molecule has 1 unspecified atom stereocenters. The van der Waals surface area contributed by atoms with Gasteiger partial charge in [0.2, 0.25) is 5.91 Å². The predicted octanol–water partition coefficient (Wildman–Crippen LogP) is 2.91. The number of amides is 2. The third-order valence-corrected chi connectivity index (χ3v) is 3.92. The summed E-state index contributed by atoms with van der Waals surface area (Å²) in [6.07, 6.45) is 1.35. The first-order valence-electron chi connectivity index (χ1n) is 7.01. The summed E-state index contributed by atoms with van der Waals surface area (Å²) < 4.78 is 5.61. The highest BCUT2D eigenvalue weighted by atomic mass is 32.2. The number of carbonyl (C=O) groups is 2. The maximum absolute atomic E-state index is 12.1. The average molecular weight is 330 g/mol. The van der Waals surface area contributed by atoms with Crippen LogP contribution in [-0.4, -0.2) is 24.2 Å². The fraction of sp³-hybridized carbons (Fsp3) is 0.176. The third kappa shape index (κ3) is 4.75. The lowest BCUT2D eigenvalue weighted by molar-refractivity contribution is -0.122. The first-order valence-corrected chi connectivity index (χ1v) is 8.23. The molecule has 0 heterocycles. The number of anilines is 1. The van der Waals surface area contributed by atoms with Crippen LogP contribution in [0.25, 0.3) is 0 Å². The van der Waals surface area contributed by atoms with Crippen molar-refractivity contribution in [3.05, 3.63) is 54.1 Å². The Morgan fingerprint density at radius 1 is 1.09 bits per heavy atom. The summed E-state index contributed by atoms with van der Waals surface area (Å²) in [5, 5.41) is 2.73. The number of ether oxygens (including phenoxy) is 1. The molecule has 0 bridgehead atoms. The van der Waals surface area contributed by atoms with Gasteiger partial charge in [-0.25, -0.2) is 0 Å². The molecule has 0 aromatic heterocycles. The minimum Gasteiger partial charge on any atom is -0.481 e. The Bertz CT molecular complexity index is 684. The molecule has 0 saturated heterocycles. The molecule has 2 amide bonds. The number of rotatable bonds is 6. The van der Waals surface area contributed by atoms with Crippen LogP contribution >= 0.6 is 11.8 Å². The van der Waals surface area contributed by atoms with Crippen molar-refractivity contribution in [1.82, 2.24) is 0 Å². The lowest BCUT2D eigenvalue weighted by atomic mass is 10.2. The van der Waals surface area contributed by atoms with Crippen LogP contribution in [0, 0.1) is 0 Å². The van der Waals surface area contributed by atoms with Gasteiger partial charge >= 0.3 is 0 Å². The number of primary amides is 1. The second-order valence-corrected chi connectivity index (χ2v) is 5.75.